The standard InChI is InChI=1S/C19H20N2O2S/c1-14-8-10-16(11-9-14)23-13-18(22)20-19(24)21-12-4-6-15-5-2-3-7-17(15)21/h2-3,5,7-11H,4,6,12-13H2,1H3,(H,20,22,24). The van der Waals surface area contributed by atoms with Gasteiger partial charge in [0.25, 0.3) is 5.91 Å². The minimum Gasteiger partial charge on any atom is -0.484 e. The molecule has 1 heterocycles. The molecule has 1 aliphatic rings. The number of rotatable bonds is 3. The van der Waals surface area contributed by atoms with Crippen LogP contribution in [0.3, 0.4) is 0 Å². The molecule has 0 radical (unpaired) electrons. The van der Waals surface area contributed by atoms with E-state index in [1.165, 1.54) is 5.56 Å². The average Bonchev–Trinajstić information content (AvgIpc) is 2.60. The molecule has 0 bridgehead atoms. The van der Waals surface area contributed by atoms with Crippen LogP contribution in [0.4, 0.5) is 5.69 Å². The fraction of sp³-hybridized carbons (Fsp3) is 0.263. The van der Waals surface area contributed by atoms with E-state index in [0.717, 1.165) is 30.6 Å². The summed E-state index contributed by atoms with van der Waals surface area (Å²) in [5.41, 5.74) is 3.49. The Morgan fingerprint density at radius 2 is 1.96 bits per heavy atom. The summed E-state index contributed by atoms with van der Waals surface area (Å²) in [5, 5.41) is 3.20. The van der Waals surface area contributed by atoms with Crippen molar-refractivity contribution in [3.63, 3.8) is 0 Å². The third kappa shape index (κ3) is 3.92. The van der Waals surface area contributed by atoms with Crippen LogP contribution in [0.2, 0.25) is 0 Å². The summed E-state index contributed by atoms with van der Waals surface area (Å²) in [4.78, 5) is 14.1. The zero-order chi connectivity index (χ0) is 16.9. The Morgan fingerprint density at radius 3 is 2.75 bits per heavy atom. The van der Waals surface area contributed by atoms with Crippen molar-refractivity contribution in [1.29, 1.82) is 0 Å². The highest BCUT2D eigenvalue weighted by Crippen LogP contribution is 2.26. The smallest absolute Gasteiger partial charge is 0.264 e. The Morgan fingerprint density at radius 1 is 1.21 bits per heavy atom. The van der Waals surface area contributed by atoms with Gasteiger partial charge in [-0.3, -0.25) is 10.1 Å². The molecule has 1 N–H and O–H groups in total. The lowest BCUT2D eigenvalue weighted by Gasteiger charge is -2.31. The van der Waals surface area contributed by atoms with Gasteiger partial charge in [0.05, 0.1) is 0 Å². The number of aryl methyl sites for hydroxylation is 2. The normalized spacial score (nSPS) is 13.1. The number of para-hydroxylation sites is 1. The van der Waals surface area contributed by atoms with Crippen LogP contribution in [0.15, 0.2) is 48.5 Å². The molecule has 0 saturated carbocycles. The number of thiocarbonyl (C=S) groups is 1. The number of carbonyl (C=O) groups is 1. The molecule has 24 heavy (non-hydrogen) atoms. The predicted molar refractivity (Wildman–Crippen MR) is 99.5 cm³/mol. The number of hydrogen-bond donors (Lipinski definition) is 1. The van der Waals surface area contributed by atoms with Crippen LogP contribution in [0.5, 0.6) is 5.75 Å². The van der Waals surface area contributed by atoms with E-state index in [1.807, 2.05) is 54.3 Å². The van der Waals surface area contributed by atoms with Crippen molar-refractivity contribution in [3.05, 3.63) is 59.7 Å². The fourth-order valence-corrected chi connectivity index (χ4v) is 3.05. The summed E-state index contributed by atoms with van der Waals surface area (Å²) < 4.78 is 5.49. The van der Waals surface area contributed by atoms with Gasteiger partial charge < -0.3 is 9.64 Å². The summed E-state index contributed by atoms with van der Waals surface area (Å²) >= 11 is 5.41. The van der Waals surface area contributed by atoms with E-state index in [2.05, 4.69) is 11.4 Å². The number of amides is 1. The Kier molecular flexibility index (Phi) is 5.11. The number of hydrogen-bond acceptors (Lipinski definition) is 3. The molecule has 5 heteroatoms. The van der Waals surface area contributed by atoms with Gasteiger partial charge in [0.2, 0.25) is 0 Å². The van der Waals surface area contributed by atoms with Crippen molar-refractivity contribution in [2.75, 3.05) is 18.1 Å². The van der Waals surface area contributed by atoms with Crippen LogP contribution in [-0.4, -0.2) is 24.2 Å². The molecule has 2 aromatic carbocycles. The van der Waals surface area contributed by atoms with Gasteiger partial charge in [-0.2, -0.15) is 0 Å². The summed E-state index contributed by atoms with van der Waals surface area (Å²) in [5.74, 6) is 0.425. The first-order valence-electron chi connectivity index (χ1n) is 8.02. The molecule has 0 unspecified atom stereocenters. The van der Waals surface area contributed by atoms with Crippen molar-refractivity contribution in [1.82, 2.24) is 5.32 Å². The number of carbonyl (C=O) groups excluding carboxylic acids is 1. The van der Waals surface area contributed by atoms with E-state index in [4.69, 9.17) is 17.0 Å². The largest absolute Gasteiger partial charge is 0.484 e. The third-order valence-electron chi connectivity index (χ3n) is 3.99. The maximum absolute atomic E-state index is 12.1. The van der Waals surface area contributed by atoms with E-state index >= 15 is 0 Å². The number of anilines is 1. The summed E-state index contributed by atoms with van der Waals surface area (Å²) in [6.07, 6.45) is 2.06. The van der Waals surface area contributed by atoms with Crippen LogP contribution < -0.4 is 15.0 Å². The van der Waals surface area contributed by atoms with Crippen molar-refractivity contribution >= 4 is 28.9 Å². The van der Waals surface area contributed by atoms with Gasteiger partial charge in [-0.25, -0.2) is 0 Å². The quantitative estimate of drug-likeness (QED) is 0.871. The highest BCUT2D eigenvalue weighted by Gasteiger charge is 2.20. The Balaban J connectivity index is 1.57. The molecule has 0 saturated heterocycles. The molecule has 1 amide bonds. The van der Waals surface area contributed by atoms with Crippen molar-refractivity contribution < 1.29 is 9.53 Å². The van der Waals surface area contributed by atoms with E-state index in [9.17, 15) is 4.79 Å². The first kappa shape index (κ1) is 16.5. The number of ether oxygens (including phenoxy) is 1. The molecule has 124 valence electrons. The number of nitrogens with zero attached hydrogens (tertiary/aromatic N) is 1. The first-order chi connectivity index (χ1) is 11.6. The van der Waals surface area contributed by atoms with Crippen molar-refractivity contribution in [2.24, 2.45) is 0 Å². The Labute approximate surface area is 147 Å². The molecule has 4 nitrogen and oxygen atoms in total. The molecular weight excluding hydrogens is 320 g/mol. The fourth-order valence-electron chi connectivity index (χ4n) is 2.75. The second kappa shape index (κ2) is 7.45. The lowest BCUT2D eigenvalue weighted by molar-refractivity contribution is -0.121. The molecule has 2 aromatic rings. The minimum absolute atomic E-state index is 0.0569. The number of benzene rings is 2. The lowest BCUT2D eigenvalue weighted by Crippen LogP contribution is -2.46. The molecule has 0 spiro atoms. The summed E-state index contributed by atoms with van der Waals surface area (Å²) in [6.45, 7) is 2.76. The third-order valence-corrected chi connectivity index (χ3v) is 4.32. The molecule has 0 fully saturated rings. The van der Waals surface area contributed by atoms with E-state index in [0.29, 0.717) is 10.9 Å². The SMILES string of the molecule is Cc1ccc(OCC(=O)NC(=S)N2CCCc3ccccc32)cc1. The van der Waals surface area contributed by atoms with E-state index in [1.54, 1.807) is 0 Å². The molecule has 3 rings (SSSR count). The van der Waals surface area contributed by atoms with Gasteiger partial charge in [-0.1, -0.05) is 35.9 Å². The Bertz CT molecular complexity index is 743. The van der Waals surface area contributed by atoms with Crippen LogP contribution in [-0.2, 0) is 11.2 Å². The Hall–Kier alpha value is -2.40. The molecule has 0 aromatic heterocycles. The summed E-state index contributed by atoms with van der Waals surface area (Å²) in [6, 6.07) is 15.7. The lowest BCUT2D eigenvalue weighted by atomic mass is 10.0. The first-order valence-corrected chi connectivity index (χ1v) is 8.43. The summed E-state index contributed by atoms with van der Waals surface area (Å²) in [7, 11) is 0. The maximum Gasteiger partial charge on any atom is 0.264 e. The van der Waals surface area contributed by atoms with E-state index < -0.39 is 0 Å². The van der Waals surface area contributed by atoms with Crippen molar-refractivity contribution in [2.45, 2.75) is 19.8 Å². The van der Waals surface area contributed by atoms with Gasteiger partial charge >= 0.3 is 0 Å². The highest BCUT2D eigenvalue weighted by atomic mass is 32.1. The molecule has 0 aliphatic carbocycles. The van der Waals surface area contributed by atoms with Crippen molar-refractivity contribution in [3.8, 4) is 5.75 Å². The highest BCUT2D eigenvalue weighted by molar-refractivity contribution is 7.80. The van der Waals surface area contributed by atoms with Gasteiger partial charge in [0, 0.05) is 12.2 Å². The van der Waals surface area contributed by atoms with Crippen LogP contribution >= 0.6 is 12.2 Å². The zero-order valence-electron chi connectivity index (χ0n) is 13.6. The van der Waals surface area contributed by atoms with Crippen LogP contribution in [0, 0.1) is 6.92 Å². The average molecular weight is 340 g/mol. The van der Waals surface area contributed by atoms with Gasteiger partial charge in [0.1, 0.15) is 5.75 Å². The molecule has 1 aliphatic heterocycles. The van der Waals surface area contributed by atoms with Gasteiger partial charge in [-0.15, -0.1) is 0 Å². The van der Waals surface area contributed by atoms with Crippen LogP contribution in [0.25, 0.3) is 0 Å². The van der Waals surface area contributed by atoms with Crippen LogP contribution in [0.1, 0.15) is 17.5 Å². The molecule has 0 atom stereocenters. The molecular formula is C19H20N2O2S. The van der Waals surface area contributed by atoms with Gasteiger partial charge in [0.15, 0.2) is 11.7 Å². The number of nitrogens with one attached hydrogen (secondary N) is 1. The second-order valence-corrected chi connectivity index (χ2v) is 6.23. The minimum atomic E-state index is -0.247. The zero-order valence-corrected chi connectivity index (χ0v) is 14.4. The topological polar surface area (TPSA) is 41.6 Å². The van der Waals surface area contributed by atoms with E-state index in [-0.39, 0.29) is 12.5 Å². The predicted octanol–water partition coefficient (Wildman–Crippen LogP) is 3.23. The monoisotopic (exact) mass is 340 g/mol. The van der Waals surface area contributed by atoms with Gasteiger partial charge in [-0.05, 0) is 55.7 Å². The maximum atomic E-state index is 12.1. The number of fused-ring (bicyclic) bond motifs is 1. The second-order valence-electron chi connectivity index (χ2n) is 5.84.